The number of benzene rings is 1. The monoisotopic (exact) mass is 413 g/mol. The standard InChI is InChI=1S/C29H51N/c1-2-3-4-5-6-7-8-9-10-11-12-13-14-15-16-17-18-19-20-24-27-30-28-29-25-22-21-23-26-29/h9-10,21-23,25-26,30H,2-8,11-20,24,27-28H2,1H3/b10-9-. The van der Waals surface area contributed by atoms with Crippen molar-refractivity contribution in [2.75, 3.05) is 6.54 Å². The maximum atomic E-state index is 3.56. The Hall–Kier alpha value is -1.08. The van der Waals surface area contributed by atoms with Crippen molar-refractivity contribution in [3.63, 3.8) is 0 Å². The first kappa shape index (κ1) is 27.0. The molecule has 0 saturated carbocycles. The van der Waals surface area contributed by atoms with Gasteiger partial charge in [-0.3, -0.25) is 0 Å². The Morgan fingerprint density at radius 2 is 1.03 bits per heavy atom. The van der Waals surface area contributed by atoms with Crippen LogP contribution in [0.25, 0.3) is 0 Å². The van der Waals surface area contributed by atoms with Gasteiger partial charge in [-0.1, -0.05) is 133 Å². The minimum atomic E-state index is 1.01. The Kier molecular flexibility index (Phi) is 20.3. The van der Waals surface area contributed by atoms with Crippen molar-refractivity contribution < 1.29 is 0 Å². The van der Waals surface area contributed by atoms with Crippen molar-refractivity contribution in [3.05, 3.63) is 48.0 Å². The van der Waals surface area contributed by atoms with Gasteiger partial charge in [-0.15, -0.1) is 0 Å². The molecule has 0 atom stereocenters. The van der Waals surface area contributed by atoms with Gasteiger partial charge in [-0.25, -0.2) is 0 Å². The third-order valence-electron chi connectivity index (χ3n) is 6.04. The molecule has 0 radical (unpaired) electrons. The molecule has 30 heavy (non-hydrogen) atoms. The maximum Gasteiger partial charge on any atom is 0.0205 e. The van der Waals surface area contributed by atoms with Crippen LogP contribution in [0.15, 0.2) is 42.5 Å². The molecule has 0 bridgehead atoms. The van der Waals surface area contributed by atoms with E-state index in [0.29, 0.717) is 0 Å². The molecule has 0 aliphatic heterocycles. The summed E-state index contributed by atoms with van der Waals surface area (Å²) >= 11 is 0. The fourth-order valence-electron chi connectivity index (χ4n) is 4.03. The normalized spacial score (nSPS) is 11.5. The minimum Gasteiger partial charge on any atom is -0.313 e. The molecule has 1 rings (SSSR count). The summed E-state index contributed by atoms with van der Waals surface area (Å²) in [6.07, 6.45) is 30.1. The van der Waals surface area contributed by atoms with E-state index >= 15 is 0 Å². The second kappa shape index (κ2) is 22.6. The lowest BCUT2D eigenvalue weighted by Crippen LogP contribution is -2.14. The lowest BCUT2D eigenvalue weighted by Gasteiger charge is -2.05. The van der Waals surface area contributed by atoms with E-state index in [4.69, 9.17) is 0 Å². The van der Waals surface area contributed by atoms with Crippen molar-refractivity contribution in [2.45, 2.75) is 129 Å². The number of rotatable bonds is 22. The predicted octanol–water partition coefficient (Wildman–Crippen LogP) is 9.37. The average molecular weight is 414 g/mol. The van der Waals surface area contributed by atoms with Crippen LogP contribution in [0.1, 0.15) is 128 Å². The number of hydrogen-bond acceptors (Lipinski definition) is 1. The van der Waals surface area contributed by atoms with Crippen LogP contribution in [-0.2, 0) is 6.54 Å². The van der Waals surface area contributed by atoms with Crippen LogP contribution in [0.2, 0.25) is 0 Å². The summed E-state index contributed by atoms with van der Waals surface area (Å²) in [5.74, 6) is 0. The highest BCUT2D eigenvalue weighted by Crippen LogP contribution is 2.12. The fourth-order valence-corrected chi connectivity index (χ4v) is 4.03. The van der Waals surface area contributed by atoms with Gasteiger partial charge in [0, 0.05) is 6.54 Å². The molecule has 0 heterocycles. The summed E-state index contributed by atoms with van der Waals surface area (Å²) in [4.78, 5) is 0. The third-order valence-corrected chi connectivity index (χ3v) is 6.04. The zero-order valence-corrected chi connectivity index (χ0v) is 20.2. The molecular formula is C29H51N. The summed E-state index contributed by atoms with van der Waals surface area (Å²) in [6, 6.07) is 10.7. The smallest absolute Gasteiger partial charge is 0.0205 e. The second-order valence-electron chi connectivity index (χ2n) is 9.01. The van der Waals surface area contributed by atoms with Crippen LogP contribution in [0, 0.1) is 0 Å². The van der Waals surface area contributed by atoms with E-state index in [2.05, 4.69) is 54.7 Å². The highest BCUT2D eigenvalue weighted by atomic mass is 14.8. The van der Waals surface area contributed by atoms with Gasteiger partial charge in [0.2, 0.25) is 0 Å². The summed E-state index contributed by atoms with van der Waals surface area (Å²) in [5.41, 5.74) is 1.39. The molecule has 0 aliphatic rings. The molecule has 0 aliphatic carbocycles. The molecule has 1 aromatic rings. The first-order valence-electron chi connectivity index (χ1n) is 13.3. The van der Waals surface area contributed by atoms with Gasteiger partial charge < -0.3 is 5.32 Å². The molecule has 1 N–H and O–H groups in total. The van der Waals surface area contributed by atoms with Crippen LogP contribution in [0.3, 0.4) is 0 Å². The molecule has 0 spiro atoms. The summed E-state index contributed by atoms with van der Waals surface area (Å²) in [6.45, 7) is 4.45. The Balaban J connectivity index is 1.69. The maximum absolute atomic E-state index is 3.56. The quantitative estimate of drug-likeness (QED) is 0.147. The number of hydrogen-bond donors (Lipinski definition) is 1. The highest BCUT2D eigenvalue weighted by Gasteiger charge is 1.94. The van der Waals surface area contributed by atoms with E-state index in [9.17, 15) is 0 Å². The second-order valence-corrected chi connectivity index (χ2v) is 9.01. The van der Waals surface area contributed by atoms with E-state index in [-0.39, 0.29) is 0 Å². The Bertz CT molecular complexity index is 465. The van der Waals surface area contributed by atoms with Gasteiger partial charge in [0.15, 0.2) is 0 Å². The predicted molar refractivity (Wildman–Crippen MR) is 136 cm³/mol. The molecule has 0 aromatic heterocycles. The largest absolute Gasteiger partial charge is 0.313 e. The SMILES string of the molecule is CCCCCCCC/C=C\CCCCCCCCCCCCNCc1ccccc1. The molecule has 1 heteroatoms. The Morgan fingerprint density at radius 1 is 0.567 bits per heavy atom. The molecule has 0 saturated heterocycles. The van der Waals surface area contributed by atoms with Gasteiger partial charge >= 0.3 is 0 Å². The van der Waals surface area contributed by atoms with Crippen molar-refractivity contribution in [1.82, 2.24) is 5.32 Å². The van der Waals surface area contributed by atoms with Crippen LogP contribution >= 0.6 is 0 Å². The van der Waals surface area contributed by atoms with E-state index in [0.717, 1.165) is 13.1 Å². The van der Waals surface area contributed by atoms with Crippen LogP contribution in [-0.4, -0.2) is 6.54 Å². The zero-order valence-electron chi connectivity index (χ0n) is 20.2. The molecule has 0 fully saturated rings. The first-order chi connectivity index (χ1) is 14.9. The molecule has 0 unspecified atom stereocenters. The number of unbranched alkanes of at least 4 members (excludes halogenated alkanes) is 16. The van der Waals surface area contributed by atoms with Gasteiger partial charge in [0.05, 0.1) is 0 Å². The van der Waals surface area contributed by atoms with Gasteiger partial charge in [-0.05, 0) is 44.2 Å². The number of allylic oxidation sites excluding steroid dienone is 2. The molecule has 0 amide bonds. The van der Waals surface area contributed by atoms with Crippen molar-refractivity contribution in [1.29, 1.82) is 0 Å². The lowest BCUT2D eigenvalue weighted by molar-refractivity contribution is 0.541. The lowest BCUT2D eigenvalue weighted by atomic mass is 10.1. The van der Waals surface area contributed by atoms with Crippen LogP contribution < -0.4 is 5.32 Å². The highest BCUT2D eigenvalue weighted by molar-refractivity contribution is 5.14. The molecule has 1 aromatic carbocycles. The van der Waals surface area contributed by atoms with Crippen LogP contribution in [0.5, 0.6) is 0 Å². The van der Waals surface area contributed by atoms with E-state index in [1.54, 1.807) is 0 Å². The van der Waals surface area contributed by atoms with Gasteiger partial charge in [0.1, 0.15) is 0 Å². The summed E-state index contributed by atoms with van der Waals surface area (Å²) < 4.78 is 0. The third kappa shape index (κ3) is 18.9. The van der Waals surface area contributed by atoms with E-state index in [1.807, 2.05) is 0 Å². The molecule has 172 valence electrons. The number of nitrogens with one attached hydrogen (secondary N) is 1. The first-order valence-corrected chi connectivity index (χ1v) is 13.3. The minimum absolute atomic E-state index is 1.01. The summed E-state index contributed by atoms with van der Waals surface area (Å²) in [7, 11) is 0. The molecular weight excluding hydrogens is 362 g/mol. The van der Waals surface area contributed by atoms with E-state index in [1.165, 1.54) is 121 Å². The van der Waals surface area contributed by atoms with Gasteiger partial charge in [-0.2, -0.15) is 0 Å². The van der Waals surface area contributed by atoms with Crippen molar-refractivity contribution >= 4 is 0 Å². The van der Waals surface area contributed by atoms with E-state index < -0.39 is 0 Å². The summed E-state index contributed by atoms with van der Waals surface area (Å²) in [5, 5.41) is 3.56. The van der Waals surface area contributed by atoms with Crippen molar-refractivity contribution in [3.8, 4) is 0 Å². The topological polar surface area (TPSA) is 12.0 Å². The van der Waals surface area contributed by atoms with Crippen LogP contribution in [0.4, 0.5) is 0 Å². The Labute approximate surface area is 189 Å². The Morgan fingerprint density at radius 3 is 1.57 bits per heavy atom. The fraction of sp³-hybridized carbons (Fsp3) is 0.724. The molecule has 1 nitrogen and oxygen atoms in total. The average Bonchev–Trinajstić information content (AvgIpc) is 2.78. The van der Waals surface area contributed by atoms with Gasteiger partial charge in [0.25, 0.3) is 0 Å². The zero-order chi connectivity index (χ0) is 21.4. The van der Waals surface area contributed by atoms with Crippen molar-refractivity contribution in [2.24, 2.45) is 0 Å².